The summed E-state index contributed by atoms with van der Waals surface area (Å²) in [7, 11) is 1.49. The van der Waals surface area contributed by atoms with Crippen LogP contribution in [0, 0.1) is 6.92 Å². The predicted octanol–water partition coefficient (Wildman–Crippen LogP) is 3.49. The van der Waals surface area contributed by atoms with Crippen molar-refractivity contribution in [2.45, 2.75) is 6.92 Å². The van der Waals surface area contributed by atoms with E-state index in [9.17, 15) is 14.7 Å². The number of hydrogen-bond acceptors (Lipinski definition) is 6. The molecule has 0 aliphatic heterocycles. The zero-order chi connectivity index (χ0) is 22.9. The topological polar surface area (TPSA) is 109 Å². The van der Waals surface area contributed by atoms with E-state index in [-0.39, 0.29) is 18.3 Å². The van der Waals surface area contributed by atoms with E-state index in [0.29, 0.717) is 28.3 Å². The van der Waals surface area contributed by atoms with Crippen LogP contribution >= 0.6 is 0 Å². The van der Waals surface area contributed by atoms with E-state index in [2.05, 4.69) is 15.8 Å². The fraction of sp³-hybridized carbons (Fsp3) is 0.125. The summed E-state index contributed by atoms with van der Waals surface area (Å²) < 4.78 is 10.9. The SMILES string of the molecule is COc1cc(/C=N/NC(=O)c2ccc(O)cc2)ccc1OCC(=O)Nc1ccc(C)cc1. The molecule has 0 saturated carbocycles. The standard InChI is InChI=1S/C24H23N3O5/c1-16-3-8-19(9-4-16)26-23(29)15-32-21-12-5-17(13-22(21)31-2)14-25-27-24(30)18-6-10-20(28)11-7-18/h3-14,28H,15H2,1-2H3,(H,26,29)(H,27,30)/b25-14+. The Morgan fingerprint density at radius 1 is 1.00 bits per heavy atom. The second-order valence-corrected chi connectivity index (χ2v) is 6.86. The number of aryl methyl sites for hydroxylation is 1. The van der Waals surface area contributed by atoms with Gasteiger partial charge in [0.1, 0.15) is 5.75 Å². The highest BCUT2D eigenvalue weighted by molar-refractivity contribution is 5.95. The van der Waals surface area contributed by atoms with Gasteiger partial charge in [-0.25, -0.2) is 5.43 Å². The minimum atomic E-state index is -0.409. The van der Waals surface area contributed by atoms with Crippen LogP contribution in [0.2, 0.25) is 0 Å². The van der Waals surface area contributed by atoms with Crippen molar-refractivity contribution in [3.8, 4) is 17.2 Å². The molecule has 0 atom stereocenters. The molecule has 0 aliphatic rings. The minimum absolute atomic E-state index is 0.0760. The molecule has 32 heavy (non-hydrogen) atoms. The number of methoxy groups -OCH3 is 1. The first-order valence-electron chi connectivity index (χ1n) is 9.74. The predicted molar refractivity (Wildman–Crippen MR) is 121 cm³/mol. The highest BCUT2D eigenvalue weighted by Gasteiger charge is 2.09. The van der Waals surface area contributed by atoms with Gasteiger partial charge in [-0.3, -0.25) is 9.59 Å². The Labute approximate surface area is 185 Å². The van der Waals surface area contributed by atoms with Crippen LogP contribution < -0.4 is 20.2 Å². The van der Waals surface area contributed by atoms with Crippen molar-refractivity contribution in [2.75, 3.05) is 19.0 Å². The number of ether oxygens (including phenoxy) is 2. The van der Waals surface area contributed by atoms with Gasteiger partial charge in [0.15, 0.2) is 18.1 Å². The third-order valence-corrected chi connectivity index (χ3v) is 4.39. The minimum Gasteiger partial charge on any atom is -0.508 e. The second kappa shape index (κ2) is 10.6. The summed E-state index contributed by atoms with van der Waals surface area (Å²) in [4.78, 5) is 24.2. The van der Waals surface area contributed by atoms with Gasteiger partial charge in [-0.2, -0.15) is 5.10 Å². The smallest absolute Gasteiger partial charge is 0.271 e. The van der Waals surface area contributed by atoms with Crippen molar-refractivity contribution in [1.82, 2.24) is 5.43 Å². The van der Waals surface area contributed by atoms with Gasteiger partial charge in [-0.1, -0.05) is 17.7 Å². The average Bonchev–Trinajstić information content (AvgIpc) is 2.80. The van der Waals surface area contributed by atoms with Crippen LogP contribution in [0.25, 0.3) is 0 Å². The van der Waals surface area contributed by atoms with Gasteiger partial charge in [-0.05, 0) is 67.1 Å². The van der Waals surface area contributed by atoms with E-state index in [1.807, 2.05) is 31.2 Å². The number of carbonyl (C=O) groups is 2. The summed E-state index contributed by atoms with van der Waals surface area (Å²) in [5.41, 5.74) is 5.23. The van der Waals surface area contributed by atoms with Crippen molar-refractivity contribution < 1.29 is 24.2 Å². The van der Waals surface area contributed by atoms with Gasteiger partial charge in [-0.15, -0.1) is 0 Å². The van der Waals surface area contributed by atoms with Crippen LogP contribution in [-0.2, 0) is 4.79 Å². The normalized spacial score (nSPS) is 10.6. The van der Waals surface area contributed by atoms with Crippen molar-refractivity contribution in [3.05, 3.63) is 83.4 Å². The Hall–Kier alpha value is -4.33. The highest BCUT2D eigenvalue weighted by Crippen LogP contribution is 2.27. The van der Waals surface area contributed by atoms with E-state index in [4.69, 9.17) is 9.47 Å². The largest absolute Gasteiger partial charge is 0.508 e. The number of carbonyl (C=O) groups excluding carboxylic acids is 2. The third kappa shape index (κ3) is 6.33. The Kier molecular flexibility index (Phi) is 7.42. The molecule has 0 saturated heterocycles. The maximum atomic E-state index is 12.1. The summed E-state index contributed by atoms with van der Waals surface area (Å²) in [5, 5.41) is 16.0. The molecule has 0 aliphatic carbocycles. The van der Waals surface area contributed by atoms with Gasteiger partial charge in [0.2, 0.25) is 0 Å². The van der Waals surface area contributed by atoms with Crippen LogP contribution in [0.5, 0.6) is 17.2 Å². The van der Waals surface area contributed by atoms with Crippen LogP contribution in [-0.4, -0.2) is 36.9 Å². The van der Waals surface area contributed by atoms with Crippen LogP contribution in [0.1, 0.15) is 21.5 Å². The Balaban J connectivity index is 1.55. The van der Waals surface area contributed by atoms with Gasteiger partial charge in [0, 0.05) is 11.3 Å². The number of rotatable bonds is 8. The van der Waals surface area contributed by atoms with Crippen molar-refractivity contribution >= 4 is 23.7 Å². The van der Waals surface area contributed by atoms with E-state index in [1.54, 1.807) is 18.2 Å². The molecule has 8 heteroatoms. The van der Waals surface area contributed by atoms with Crippen molar-refractivity contribution in [2.24, 2.45) is 5.10 Å². The maximum absolute atomic E-state index is 12.1. The summed E-state index contributed by atoms with van der Waals surface area (Å²) in [6, 6.07) is 18.3. The lowest BCUT2D eigenvalue weighted by atomic mass is 10.2. The van der Waals surface area contributed by atoms with E-state index < -0.39 is 5.91 Å². The zero-order valence-corrected chi connectivity index (χ0v) is 17.7. The fourth-order valence-electron chi connectivity index (χ4n) is 2.70. The molecule has 0 fully saturated rings. The fourth-order valence-corrected chi connectivity index (χ4v) is 2.70. The van der Waals surface area contributed by atoms with E-state index in [1.165, 1.54) is 37.6 Å². The number of nitrogens with one attached hydrogen (secondary N) is 2. The molecule has 0 aromatic heterocycles. The first kappa shape index (κ1) is 22.4. The van der Waals surface area contributed by atoms with E-state index in [0.717, 1.165) is 5.56 Å². The molecule has 8 nitrogen and oxygen atoms in total. The molecule has 0 heterocycles. The molecule has 3 aromatic carbocycles. The molecular formula is C24H23N3O5. The number of phenolic OH excluding ortho intramolecular Hbond substituents is 1. The number of hydrogen-bond donors (Lipinski definition) is 3. The Bertz CT molecular complexity index is 1110. The number of benzene rings is 3. The lowest BCUT2D eigenvalue weighted by Gasteiger charge is -2.11. The molecule has 3 N–H and O–H groups in total. The van der Waals surface area contributed by atoms with Gasteiger partial charge in [0.05, 0.1) is 13.3 Å². The Morgan fingerprint density at radius 3 is 2.41 bits per heavy atom. The second-order valence-electron chi connectivity index (χ2n) is 6.86. The number of hydrazone groups is 1. The summed E-state index contributed by atoms with van der Waals surface area (Å²) >= 11 is 0. The zero-order valence-electron chi connectivity index (χ0n) is 17.7. The molecule has 3 rings (SSSR count). The lowest BCUT2D eigenvalue weighted by Crippen LogP contribution is -2.20. The molecule has 164 valence electrons. The summed E-state index contributed by atoms with van der Waals surface area (Å²) in [6.07, 6.45) is 1.45. The quantitative estimate of drug-likeness (QED) is 0.372. The number of aromatic hydroxyl groups is 1. The molecule has 0 unspecified atom stereocenters. The molecule has 0 spiro atoms. The number of phenols is 1. The van der Waals surface area contributed by atoms with Crippen LogP contribution in [0.4, 0.5) is 5.69 Å². The average molecular weight is 433 g/mol. The van der Waals surface area contributed by atoms with Crippen molar-refractivity contribution in [3.63, 3.8) is 0 Å². The van der Waals surface area contributed by atoms with Gasteiger partial charge >= 0.3 is 0 Å². The monoisotopic (exact) mass is 433 g/mol. The molecule has 2 amide bonds. The van der Waals surface area contributed by atoms with Crippen LogP contribution in [0.3, 0.4) is 0 Å². The highest BCUT2D eigenvalue weighted by atomic mass is 16.5. The number of anilines is 1. The maximum Gasteiger partial charge on any atom is 0.271 e. The van der Waals surface area contributed by atoms with Crippen molar-refractivity contribution in [1.29, 1.82) is 0 Å². The first-order chi connectivity index (χ1) is 15.4. The summed E-state index contributed by atoms with van der Waals surface area (Å²) in [6.45, 7) is 1.79. The molecule has 3 aromatic rings. The molecule has 0 bridgehead atoms. The third-order valence-electron chi connectivity index (χ3n) is 4.39. The first-order valence-corrected chi connectivity index (χ1v) is 9.74. The van der Waals surface area contributed by atoms with Gasteiger partial charge < -0.3 is 19.9 Å². The van der Waals surface area contributed by atoms with Crippen LogP contribution in [0.15, 0.2) is 71.8 Å². The lowest BCUT2D eigenvalue weighted by molar-refractivity contribution is -0.118. The van der Waals surface area contributed by atoms with Gasteiger partial charge in [0.25, 0.3) is 11.8 Å². The number of nitrogens with zero attached hydrogens (tertiary/aromatic N) is 1. The Morgan fingerprint density at radius 2 is 1.72 bits per heavy atom. The summed E-state index contributed by atoms with van der Waals surface area (Å²) in [5.74, 6) is 0.192. The number of amides is 2. The van der Waals surface area contributed by atoms with E-state index >= 15 is 0 Å². The molecular weight excluding hydrogens is 410 g/mol. The molecule has 0 radical (unpaired) electrons.